The van der Waals surface area contributed by atoms with E-state index >= 15 is 0 Å². The van der Waals surface area contributed by atoms with E-state index in [2.05, 4.69) is 23.7 Å². The van der Waals surface area contributed by atoms with Crippen molar-refractivity contribution in [2.45, 2.75) is 109 Å². The minimum absolute atomic E-state index is 0.0542. The molecule has 6 nitrogen and oxygen atoms in total. The molecule has 0 aliphatic rings. The van der Waals surface area contributed by atoms with Crippen LogP contribution in [0.3, 0.4) is 0 Å². The molecule has 216 valence electrons. The van der Waals surface area contributed by atoms with Crippen molar-refractivity contribution >= 4 is 23.8 Å². The van der Waals surface area contributed by atoms with E-state index < -0.39 is 4.75 Å². The van der Waals surface area contributed by atoms with Gasteiger partial charge in [0.2, 0.25) is 5.91 Å². The fraction of sp³-hybridized carbons (Fsp3) is 0.562. The van der Waals surface area contributed by atoms with Crippen LogP contribution < -0.4 is 0 Å². The van der Waals surface area contributed by atoms with Crippen LogP contribution in [0.2, 0.25) is 0 Å². The first-order valence-corrected chi connectivity index (χ1v) is 15.0. The highest BCUT2D eigenvalue weighted by molar-refractivity contribution is 7.99. The molecule has 1 aromatic rings. The lowest BCUT2D eigenvalue weighted by molar-refractivity contribution is -0.151. The third-order valence-electron chi connectivity index (χ3n) is 6.19. The summed E-state index contributed by atoms with van der Waals surface area (Å²) in [6.45, 7) is 8.63. The number of ether oxygens (including phenoxy) is 1. The summed E-state index contributed by atoms with van der Waals surface area (Å²) >= 11 is 0.922. The number of esters is 1. The van der Waals surface area contributed by atoms with Gasteiger partial charge in [0.15, 0.2) is 0 Å². The van der Waals surface area contributed by atoms with Gasteiger partial charge in [0.1, 0.15) is 6.10 Å². The van der Waals surface area contributed by atoms with Gasteiger partial charge in [0, 0.05) is 36.0 Å². The Morgan fingerprint density at radius 1 is 1.00 bits per heavy atom. The third-order valence-corrected chi connectivity index (χ3v) is 6.88. The predicted octanol–water partition coefficient (Wildman–Crippen LogP) is 8.73. The molecule has 0 saturated heterocycles. The molecule has 7 heteroatoms. The monoisotopic (exact) mass is 556 g/mol. The van der Waals surface area contributed by atoms with Gasteiger partial charge in [-0.1, -0.05) is 93.0 Å². The average molecular weight is 557 g/mol. The molecule has 0 N–H and O–H groups in total. The molecule has 0 fully saturated rings. The van der Waals surface area contributed by atoms with Crippen LogP contribution in [0.25, 0.3) is 0 Å². The van der Waals surface area contributed by atoms with Gasteiger partial charge in [-0.25, -0.2) is 0 Å². The number of rotatable bonds is 21. The largest absolute Gasteiger partial charge is 0.462 e. The van der Waals surface area contributed by atoms with Crippen LogP contribution in [0.4, 0.5) is 0 Å². The zero-order valence-electron chi connectivity index (χ0n) is 24.3. The lowest BCUT2D eigenvalue weighted by Crippen LogP contribution is -2.40. The fourth-order valence-electron chi connectivity index (χ4n) is 4.22. The number of hydrogen-bond acceptors (Lipinski definition) is 6. The number of amides is 1. The maximum absolute atomic E-state index is 13.1. The topological polar surface area (TPSA) is 76.0 Å². The molecule has 0 bridgehead atoms. The van der Waals surface area contributed by atoms with Crippen LogP contribution in [0.5, 0.6) is 0 Å². The first-order chi connectivity index (χ1) is 18.8. The standard InChI is InChI=1S/C32H48N2O4S/c1-5-7-8-9-10-11-12-13-14-15-19-23-29(20-6-2)38-31(36)25-24-30(35)34(27-32(3,4)39-33-37)26-28-21-17-16-18-22-28/h5,7-11,16-18,21-22,29H,6,12-15,19-20,23-27H2,1-4H3. The smallest absolute Gasteiger partial charge is 0.306 e. The minimum Gasteiger partial charge on any atom is -0.462 e. The van der Waals surface area contributed by atoms with Crippen molar-refractivity contribution < 1.29 is 14.3 Å². The lowest BCUT2D eigenvalue weighted by atomic mass is 10.0. The molecule has 0 aliphatic heterocycles. The van der Waals surface area contributed by atoms with Crippen molar-refractivity contribution in [3.8, 4) is 0 Å². The normalized spacial score (nSPS) is 12.8. The maximum atomic E-state index is 13.1. The quantitative estimate of drug-likeness (QED) is 0.0497. The summed E-state index contributed by atoms with van der Waals surface area (Å²) in [5.74, 6) is -0.449. The second kappa shape index (κ2) is 21.2. The number of nitrogens with zero attached hydrogens (tertiary/aromatic N) is 2. The van der Waals surface area contributed by atoms with Crippen LogP contribution in [-0.4, -0.2) is 34.2 Å². The second-order valence-electron chi connectivity index (χ2n) is 10.4. The third kappa shape index (κ3) is 17.5. The highest BCUT2D eigenvalue weighted by Gasteiger charge is 2.27. The van der Waals surface area contributed by atoms with Crippen molar-refractivity contribution in [3.63, 3.8) is 0 Å². The molecule has 1 rings (SSSR count). The first kappa shape index (κ1) is 34.4. The molecular formula is C32H48N2O4S. The van der Waals surface area contributed by atoms with E-state index in [1.165, 1.54) is 0 Å². The molecule has 0 heterocycles. The van der Waals surface area contributed by atoms with Gasteiger partial charge in [-0.3, -0.25) is 9.59 Å². The average Bonchev–Trinajstić information content (AvgIpc) is 2.90. The second-order valence-corrected chi connectivity index (χ2v) is 11.8. The summed E-state index contributed by atoms with van der Waals surface area (Å²) < 4.78 is 8.21. The Labute approximate surface area is 240 Å². The van der Waals surface area contributed by atoms with Crippen LogP contribution in [0.15, 0.2) is 71.4 Å². The predicted molar refractivity (Wildman–Crippen MR) is 164 cm³/mol. The Hall–Kier alpha value is -2.67. The van der Waals surface area contributed by atoms with Crippen molar-refractivity contribution in [1.29, 1.82) is 0 Å². The van der Waals surface area contributed by atoms with Crippen LogP contribution >= 0.6 is 11.9 Å². The Morgan fingerprint density at radius 2 is 1.72 bits per heavy atom. The lowest BCUT2D eigenvalue weighted by Gasteiger charge is -2.30. The number of allylic oxidation sites excluding steroid dienone is 6. The molecule has 1 atom stereocenters. The van der Waals surface area contributed by atoms with Gasteiger partial charge < -0.3 is 9.64 Å². The zero-order chi connectivity index (χ0) is 28.8. The Balaban J connectivity index is 2.49. The number of nitroso groups, excluding NO2 is 1. The zero-order valence-corrected chi connectivity index (χ0v) is 25.2. The first-order valence-electron chi connectivity index (χ1n) is 14.3. The van der Waals surface area contributed by atoms with E-state index in [9.17, 15) is 14.5 Å². The van der Waals surface area contributed by atoms with Gasteiger partial charge in [-0.2, -0.15) is 0 Å². The summed E-state index contributed by atoms with van der Waals surface area (Å²) in [5.41, 5.74) is 0.994. The molecule has 1 aromatic carbocycles. The SMILES string of the molecule is CC=CC=CC=CCCCCCCC(CCC)OC(=O)CCC(=O)N(Cc1ccccc1)CC(C)(C)SN=O. The molecule has 0 spiro atoms. The van der Waals surface area contributed by atoms with Gasteiger partial charge in [0.05, 0.1) is 11.2 Å². The molecule has 0 aliphatic carbocycles. The minimum atomic E-state index is -0.529. The van der Waals surface area contributed by atoms with Crippen LogP contribution in [0.1, 0.15) is 97.5 Å². The summed E-state index contributed by atoms with van der Waals surface area (Å²) in [7, 11) is 0. The molecule has 0 radical (unpaired) electrons. The van der Waals surface area contributed by atoms with Gasteiger partial charge in [0.25, 0.3) is 0 Å². The Kier molecular flexibility index (Phi) is 18.7. The summed E-state index contributed by atoms with van der Waals surface area (Å²) in [4.78, 5) is 38.3. The summed E-state index contributed by atoms with van der Waals surface area (Å²) in [5, 5.41) is 0. The number of carbonyl (C=O) groups is 2. The number of hydrogen-bond donors (Lipinski definition) is 0. The molecule has 0 saturated carbocycles. The van der Waals surface area contributed by atoms with Crippen molar-refractivity contribution in [2.75, 3.05) is 6.54 Å². The van der Waals surface area contributed by atoms with Crippen molar-refractivity contribution in [1.82, 2.24) is 4.90 Å². The number of benzene rings is 1. The highest BCUT2D eigenvalue weighted by atomic mass is 32.2. The van der Waals surface area contributed by atoms with Crippen molar-refractivity contribution in [3.05, 3.63) is 77.3 Å². The fourth-order valence-corrected chi connectivity index (χ4v) is 4.64. The van der Waals surface area contributed by atoms with E-state index in [1.807, 2.05) is 75.4 Å². The van der Waals surface area contributed by atoms with Gasteiger partial charge in [-0.05, 0) is 58.4 Å². The van der Waals surface area contributed by atoms with Crippen molar-refractivity contribution in [2.24, 2.45) is 4.58 Å². The van der Waals surface area contributed by atoms with Gasteiger partial charge >= 0.3 is 5.97 Å². The van der Waals surface area contributed by atoms with E-state index in [0.717, 1.165) is 68.9 Å². The molecule has 39 heavy (non-hydrogen) atoms. The molecule has 1 unspecified atom stereocenters. The summed E-state index contributed by atoms with van der Waals surface area (Å²) in [6.07, 6.45) is 20.6. The molecule has 1 amide bonds. The molecular weight excluding hydrogens is 508 g/mol. The van der Waals surface area contributed by atoms with E-state index in [0.29, 0.717) is 13.1 Å². The number of carbonyl (C=O) groups excluding carboxylic acids is 2. The number of unbranched alkanes of at least 4 members (excludes halogenated alkanes) is 4. The van der Waals surface area contributed by atoms with E-state index in [1.54, 1.807) is 4.90 Å². The molecule has 0 aromatic heterocycles. The summed E-state index contributed by atoms with van der Waals surface area (Å²) in [6, 6.07) is 9.71. The van der Waals surface area contributed by atoms with Crippen LogP contribution in [-0.2, 0) is 20.9 Å². The maximum Gasteiger partial charge on any atom is 0.306 e. The van der Waals surface area contributed by atoms with Gasteiger partial charge in [-0.15, -0.1) is 4.91 Å². The Bertz CT molecular complexity index is 912. The highest BCUT2D eigenvalue weighted by Crippen LogP contribution is 2.27. The van der Waals surface area contributed by atoms with E-state index in [-0.39, 0.29) is 30.8 Å². The Morgan fingerprint density at radius 3 is 2.41 bits per heavy atom. The van der Waals surface area contributed by atoms with E-state index in [4.69, 9.17) is 4.74 Å². The van der Waals surface area contributed by atoms with Crippen LogP contribution in [0, 0.1) is 4.91 Å².